The summed E-state index contributed by atoms with van der Waals surface area (Å²) in [5.41, 5.74) is 1.92. The molecule has 2 N–H and O–H groups in total. The Bertz CT molecular complexity index is 649. The molecule has 1 heterocycles. The number of aliphatic carboxylic acids is 1. The van der Waals surface area contributed by atoms with Crippen LogP contribution in [0.15, 0.2) is 54.7 Å². The van der Waals surface area contributed by atoms with E-state index in [1.54, 1.807) is 12.1 Å². The van der Waals surface area contributed by atoms with Gasteiger partial charge in [-0.1, -0.05) is 36.4 Å². The first-order valence-electron chi connectivity index (χ1n) is 6.34. The van der Waals surface area contributed by atoms with Crippen LogP contribution in [-0.4, -0.2) is 22.0 Å². The number of hydrogen-bond donors (Lipinski definition) is 2. The van der Waals surface area contributed by atoms with Crippen LogP contribution < -0.4 is 5.32 Å². The van der Waals surface area contributed by atoms with Gasteiger partial charge in [0.25, 0.3) is 5.91 Å². The number of carboxylic acids is 1. The van der Waals surface area contributed by atoms with Crippen molar-refractivity contribution in [3.8, 4) is 0 Å². The molecule has 0 radical (unpaired) electrons. The maximum Gasteiger partial charge on any atom is 0.328 e. The van der Waals surface area contributed by atoms with Gasteiger partial charge >= 0.3 is 5.97 Å². The Balaban J connectivity index is 1.95. The van der Waals surface area contributed by atoms with E-state index < -0.39 is 5.97 Å². The van der Waals surface area contributed by atoms with Gasteiger partial charge in [-0.15, -0.1) is 0 Å². The summed E-state index contributed by atoms with van der Waals surface area (Å²) in [5.74, 6) is -1.30. The van der Waals surface area contributed by atoms with Crippen LogP contribution in [0.1, 0.15) is 21.6 Å². The predicted octanol–water partition coefficient (Wildman–Crippen LogP) is 2.11. The zero-order valence-corrected chi connectivity index (χ0v) is 11.2. The molecule has 2 aromatic rings. The van der Waals surface area contributed by atoms with Gasteiger partial charge in [-0.2, -0.15) is 0 Å². The maximum absolute atomic E-state index is 11.9. The average molecular weight is 282 g/mol. The highest BCUT2D eigenvalue weighted by atomic mass is 16.4. The number of amides is 1. The molecule has 5 nitrogen and oxygen atoms in total. The number of nitrogens with one attached hydrogen (secondary N) is 1. The van der Waals surface area contributed by atoms with E-state index in [9.17, 15) is 9.59 Å². The summed E-state index contributed by atoms with van der Waals surface area (Å²) in [5, 5.41) is 11.3. The van der Waals surface area contributed by atoms with E-state index in [0.29, 0.717) is 17.8 Å². The Morgan fingerprint density at radius 3 is 2.52 bits per heavy atom. The third-order valence-corrected chi connectivity index (χ3v) is 2.73. The maximum atomic E-state index is 11.9. The van der Waals surface area contributed by atoms with Gasteiger partial charge in [-0.05, 0) is 23.3 Å². The average Bonchev–Trinajstić information content (AvgIpc) is 2.52. The number of aromatic nitrogens is 1. The fraction of sp³-hybridized carbons (Fsp3) is 0.0625. The highest BCUT2D eigenvalue weighted by molar-refractivity contribution is 5.92. The number of pyridine rings is 1. The lowest BCUT2D eigenvalue weighted by atomic mass is 10.2. The van der Waals surface area contributed by atoms with E-state index >= 15 is 0 Å². The molecule has 0 aliphatic rings. The topological polar surface area (TPSA) is 79.3 Å². The zero-order valence-electron chi connectivity index (χ0n) is 11.2. The summed E-state index contributed by atoms with van der Waals surface area (Å²) in [6, 6.07) is 12.8. The summed E-state index contributed by atoms with van der Waals surface area (Å²) >= 11 is 0. The molecule has 0 saturated heterocycles. The number of carbonyl (C=O) groups is 2. The monoisotopic (exact) mass is 282 g/mol. The number of carbonyl (C=O) groups excluding carboxylic acids is 1. The van der Waals surface area contributed by atoms with Gasteiger partial charge in [0.15, 0.2) is 0 Å². The molecule has 0 unspecified atom stereocenters. The second-order valence-corrected chi connectivity index (χ2v) is 4.32. The lowest BCUT2D eigenvalue weighted by Crippen LogP contribution is -2.23. The molecular weight excluding hydrogens is 268 g/mol. The van der Waals surface area contributed by atoms with Crippen LogP contribution in [0.3, 0.4) is 0 Å². The fourth-order valence-electron chi connectivity index (χ4n) is 1.67. The van der Waals surface area contributed by atoms with Crippen molar-refractivity contribution in [2.45, 2.75) is 6.54 Å². The normalized spacial score (nSPS) is 10.5. The van der Waals surface area contributed by atoms with Crippen LogP contribution in [0.25, 0.3) is 6.08 Å². The lowest BCUT2D eigenvalue weighted by molar-refractivity contribution is -0.131. The van der Waals surface area contributed by atoms with E-state index in [2.05, 4.69) is 10.3 Å². The van der Waals surface area contributed by atoms with Gasteiger partial charge in [0.2, 0.25) is 0 Å². The summed E-state index contributed by atoms with van der Waals surface area (Å²) in [4.78, 5) is 26.3. The van der Waals surface area contributed by atoms with Crippen LogP contribution in [-0.2, 0) is 11.3 Å². The molecule has 0 aliphatic heterocycles. The molecule has 106 valence electrons. The van der Waals surface area contributed by atoms with Crippen molar-refractivity contribution >= 4 is 18.0 Å². The molecule has 21 heavy (non-hydrogen) atoms. The molecular formula is C16H14N2O3. The van der Waals surface area contributed by atoms with Crippen LogP contribution in [0, 0.1) is 0 Å². The van der Waals surface area contributed by atoms with E-state index in [-0.39, 0.29) is 5.91 Å². The molecule has 0 atom stereocenters. The quantitative estimate of drug-likeness (QED) is 0.823. The Morgan fingerprint density at radius 2 is 1.90 bits per heavy atom. The summed E-state index contributed by atoms with van der Waals surface area (Å²) in [7, 11) is 0. The minimum atomic E-state index is -1.03. The van der Waals surface area contributed by atoms with Gasteiger partial charge in [0.05, 0.1) is 0 Å². The van der Waals surface area contributed by atoms with Gasteiger partial charge in [0, 0.05) is 18.8 Å². The third kappa shape index (κ3) is 4.58. The largest absolute Gasteiger partial charge is 0.478 e. The first kappa shape index (κ1) is 14.5. The van der Waals surface area contributed by atoms with Crippen molar-refractivity contribution in [3.63, 3.8) is 0 Å². The Labute approximate surface area is 122 Å². The van der Waals surface area contributed by atoms with Crippen molar-refractivity contribution in [3.05, 3.63) is 71.6 Å². The molecule has 1 amide bonds. The Hall–Kier alpha value is -2.95. The van der Waals surface area contributed by atoms with E-state index in [1.165, 1.54) is 12.3 Å². The summed E-state index contributed by atoms with van der Waals surface area (Å²) in [6.45, 7) is 0.433. The molecule has 0 fully saturated rings. The van der Waals surface area contributed by atoms with E-state index in [0.717, 1.165) is 11.6 Å². The first-order valence-corrected chi connectivity index (χ1v) is 6.34. The number of nitrogens with zero attached hydrogens (tertiary/aromatic N) is 1. The Kier molecular flexibility index (Phi) is 4.82. The first-order chi connectivity index (χ1) is 10.1. The Morgan fingerprint density at radius 1 is 1.14 bits per heavy atom. The smallest absolute Gasteiger partial charge is 0.328 e. The summed E-state index contributed by atoms with van der Waals surface area (Å²) < 4.78 is 0. The van der Waals surface area contributed by atoms with Gasteiger partial charge in [0.1, 0.15) is 5.69 Å². The summed E-state index contributed by atoms with van der Waals surface area (Å²) in [6.07, 6.45) is 3.89. The van der Waals surface area contributed by atoms with Crippen LogP contribution in [0.4, 0.5) is 0 Å². The number of benzene rings is 1. The highest BCUT2D eigenvalue weighted by Crippen LogP contribution is 2.04. The minimum Gasteiger partial charge on any atom is -0.478 e. The van der Waals surface area contributed by atoms with Crippen LogP contribution in [0.2, 0.25) is 0 Å². The van der Waals surface area contributed by atoms with Gasteiger partial charge in [-0.25, -0.2) is 4.79 Å². The van der Waals surface area contributed by atoms with Crippen molar-refractivity contribution in [1.29, 1.82) is 0 Å². The minimum absolute atomic E-state index is 0.271. The van der Waals surface area contributed by atoms with E-state index in [4.69, 9.17) is 5.11 Å². The molecule has 1 aromatic heterocycles. The predicted molar refractivity (Wildman–Crippen MR) is 78.5 cm³/mol. The number of carboxylic acid groups (broad SMARTS) is 1. The highest BCUT2D eigenvalue weighted by Gasteiger charge is 2.06. The van der Waals surface area contributed by atoms with Crippen LogP contribution in [0.5, 0.6) is 0 Å². The molecule has 0 aliphatic carbocycles. The number of hydrogen-bond acceptors (Lipinski definition) is 3. The second kappa shape index (κ2) is 7.00. The van der Waals surface area contributed by atoms with Crippen LogP contribution >= 0.6 is 0 Å². The lowest BCUT2D eigenvalue weighted by Gasteiger charge is -2.04. The molecule has 1 aromatic carbocycles. The fourth-order valence-corrected chi connectivity index (χ4v) is 1.67. The molecule has 5 heteroatoms. The number of rotatable bonds is 5. The van der Waals surface area contributed by atoms with Crippen molar-refractivity contribution in [1.82, 2.24) is 10.3 Å². The molecule has 0 saturated carbocycles. The van der Waals surface area contributed by atoms with Crippen molar-refractivity contribution in [2.75, 3.05) is 0 Å². The third-order valence-electron chi connectivity index (χ3n) is 2.73. The molecule has 0 bridgehead atoms. The zero-order chi connectivity index (χ0) is 15.1. The SMILES string of the molecule is O=C(O)C=Cc1ccc(C(=O)NCc2ccccc2)nc1. The van der Waals surface area contributed by atoms with E-state index in [1.807, 2.05) is 30.3 Å². The van der Waals surface area contributed by atoms with Crippen molar-refractivity contribution in [2.24, 2.45) is 0 Å². The second-order valence-electron chi connectivity index (χ2n) is 4.32. The van der Waals surface area contributed by atoms with Crippen molar-refractivity contribution < 1.29 is 14.7 Å². The standard InChI is InChI=1S/C16H14N2O3/c19-15(20)9-7-13-6-8-14(17-10-13)16(21)18-11-12-4-2-1-3-5-12/h1-10H,11H2,(H,18,21)(H,19,20). The van der Waals surface area contributed by atoms with Gasteiger partial charge < -0.3 is 10.4 Å². The molecule has 2 rings (SSSR count). The molecule has 0 spiro atoms. The van der Waals surface area contributed by atoms with Gasteiger partial charge in [-0.3, -0.25) is 9.78 Å².